The molecular formula is C14H15N3O5S. The Bertz CT molecular complexity index is 674. The Labute approximate surface area is 136 Å². The highest BCUT2D eigenvalue weighted by Crippen LogP contribution is 2.27. The van der Waals surface area contributed by atoms with Gasteiger partial charge in [-0.1, -0.05) is 11.8 Å². The third kappa shape index (κ3) is 4.46. The summed E-state index contributed by atoms with van der Waals surface area (Å²) in [5.74, 6) is -0.302. The summed E-state index contributed by atoms with van der Waals surface area (Å²) >= 11 is 0.952. The molecule has 2 N–H and O–H groups in total. The molecule has 0 bridgehead atoms. The number of carboxylic acids is 1. The summed E-state index contributed by atoms with van der Waals surface area (Å²) in [6.07, 6.45) is 1.38. The quantitative estimate of drug-likeness (QED) is 0.615. The minimum Gasteiger partial charge on any atom is -0.493 e. The van der Waals surface area contributed by atoms with Gasteiger partial charge in [-0.25, -0.2) is 0 Å². The van der Waals surface area contributed by atoms with Crippen molar-refractivity contribution in [2.24, 2.45) is 10.2 Å². The molecule has 1 aliphatic rings. The molecule has 1 fully saturated rings. The number of rotatable bonds is 5. The Morgan fingerprint density at radius 2 is 2.13 bits per heavy atom. The molecule has 0 spiro atoms. The minimum atomic E-state index is -1.05. The number of carbonyl (C=O) groups is 2. The number of hydrogen-bond donors (Lipinski definition) is 2. The first-order valence-corrected chi connectivity index (χ1v) is 7.44. The van der Waals surface area contributed by atoms with Gasteiger partial charge in [0, 0.05) is 6.42 Å². The number of ether oxygens (including phenoxy) is 2. The van der Waals surface area contributed by atoms with Crippen LogP contribution in [0.2, 0.25) is 0 Å². The standard InChI is InChI=1S/C14H15N3O5S/c1-21-9-4-3-8(5-10(9)22-2)7-15-17-14-16-12(18)6-11(23-14)13(19)20/h3-5,7,11H,6H2,1-2H3,(H,19,20)(H,16,17,18). The number of carboxylic acid groups (broad SMARTS) is 1. The van der Waals surface area contributed by atoms with Crippen molar-refractivity contribution < 1.29 is 24.2 Å². The van der Waals surface area contributed by atoms with Crippen molar-refractivity contribution in [3.8, 4) is 11.5 Å². The number of methoxy groups -OCH3 is 2. The third-order valence-corrected chi connectivity index (χ3v) is 3.97. The molecule has 0 aromatic heterocycles. The fourth-order valence-corrected chi connectivity index (χ4v) is 2.68. The number of thioether (sulfide) groups is 1. The summed E-state index contributed by atoms with van der Waals surface area (Å²) in [6.45, 7) is 0. The van der Waals surface area contributed by atoms with E-state index in [4.69, 9.17) is 14.6 Å². The van der Waals surface area contributed by atoms with Gasteiger partial charge in [0.25, 0.3) is 0 Å². The van der Waals surface area contributed by atoms with Crippen LogP contribution in [0.3, 0.4) is 0 Å². The van der Waals surface area contributed by atoms with Crippen LogP contribution in [0.25, 0.3) is 0 Å². The number of nitrogens with zero attached hydrogens (tertiary/aromatic N) is 2. The average Bonchev–Trinajstić information content (AvgIpc) is 2.54. The van der Waals surface area contributed by atoms with Gasteiger partial charge in [0.2, 0.25) is 5.91 Å². The van der Waals surface area contributed by atoms with Gasteiger partial charge in [0.15, 0.2) is 16.7 Å². The van der Waals surface area contributed by atoms with Gasteiger partial charge in [-0.05, 0) is 23.8 Å². The molecule has 8 nitrogen and oxygen atoms in total. The van der Waals surface area contributed by atoms with Crippen LogP contribution in [0.5, 0.6) is 11.5 Å². The molecule has 0 aliphatic carbocycles. The van der Waals surface area contributed by atoms with Crippen molar-refractivity contribution in [1.29, 1.82) is 0 Å². The molecule has 1 aromatic rings. The number of amidine groups is 1. The highest BCUT2D eigenvalue weighted by atomic mass is 32.2. The van der Waals surface area contributed by atoms with E-state index in [2.05, 4.69) is 15.5 Å². The summed E-state index contributed by atoms with van der Waals surface area (Å²) in [6, 6.07) is 5.21. The van der Waals surface area contributed by atoms with Crippen LogP contribution < -0.4 is 14.8 Å². The van der Waals surface area contributed by atoms with Gasteiger partial charge in [0.05, 0.1) is 20.4 Å². The number of aliphatic carboxylic acids is 1. The summed E-state index contributed by atoms with van der Waals surface area (Å²) in [4.78, 5) is 22.4. The topological polar surface area (TPSA) is 110 Å². The number of hydrogen-bond acceptors (Lipinski definition) is 7. The lowest BCUT2D eigenvalue weighted by atomic mass is 10.2. The normalized spacial score (nSPS) is 19.7. The van der Waals surface area contributed by atoms with E-state index in [0.29, 0.717) is 17.1 Å². The molecule has 1 saturated heterocycles. The SMILES string of the molecule is COc1ccc(C=NN=C2NC(=O)CC(C(=O)O)S2)cc1OC. The lowest BCUT2D eigenvalue weighted by Gasteiger charge is -2.18. The van der Waals surface area contributed by atoms with Crippen LogP contribution in [0.1, 0.15) is 12.0 Å². The number of amides is 1. The Hall–Kier alpha value is -2.55. The summed E-state index contributed by atoms with van der Waals surface area (Å²) in [5.41, 5.74) is 0.717. The van der Waals surface area contributed by atoms with Crippen molar-refractivity contribution in [3.05, 3.63) is 23.8 Å². The maximum atomic E-state index is 11.4. The largest absolute Gasteiger partial charge is 0.493 e. The van der Waals surface area contributed by atoms with Gasteiger partial charge >= 0.3 is 5.97 Å². The Morgan fingerprint density at radius 1 is 1.39 bits per heavy atom. The summed E-state index contributed by atoms with van der Waals surface area (Å²) < 4.78 is 10.3. The van der Waals surface area contributed by atoms with Crippen molar-refractivity contribution in [2.45, 2.75) is 11.7 Å². The monoisotopic (exact) mass is 337 g/mol. The van der Waals surface area contributed by atoms with Crippen LogP contribution in [0.4, 0.5) is 0 Å². The fraction of sp³-hybridized carbons (Fsp3) is 0.286. The van der Waals surface area contributed by atoms with Crippen molar-refractivity contribution >= 4 is 35.0 Å². The predicted molar refractivity (Wildman–Crippen MR) is 86.3 cm³/mol. The fourth-order valence-electron chi connectivity index (χ4n) is 1.81. The van der Waals surface area contributed by atoms with Gasteiger partial charge in [-0.2, -0.15) is 5.10 Å². The second-order valence-electron chi connectivity index (χ2n) is 4.46. The highest BCUT2D eigenvalue weighted by Gasteiger charge is 2.29. The Balaban J connectivity index is 2.10. The highest BCUT2D eigenvalue weighted by molar-refractivity contribution is 8.15. The predicted octanol–water partition coefficient (Wildman–Crippen LogP) is 1.10. The van der Waals surface area contributed by atoms with Crippen LogP contribution in [-0.4, -0.2) is 47.8 Å². The molecule has 1 aliphatic heterocycles. The van der Waals surface area contributed by atoms with E-state index in [1.54, 1.807) is 25.3 Å². The van der Waals surface area contributed by atoms with E-state index in [-0.39, 0.29) is 11.6 Å². The summed E-state index contributed by atoms with van der Waals surface area (Å²) in [5, 5.41) is 18.5. The van der Waals surface area contributed by atoms with Crippen LogP contribution in [0, 0.1) is 0 Å². The van der Waals surface area contributed by atoms with E-state index >= 15 is 0 Å². The lowest BCUT2D eigenvalue weighted by molar-refractivity contribution is -0.138. The van der Waals surface area contributed by atoms with E-state index in [1.807, 2.05) is 0 Å². The zero-order chi connectivity index (χ0) is 16.8. The summed E-state index contributed by atoms with van der Waals surface area (Å²) in [7, 11) is 3.07. The Kier molecular flexibility index (Phi) is 5.58. The second kappa shape index (κ2) is 7.63. The molecule has 23 heavy (non-hydrogen) atoms. The van der Waals surface area contributed by atoms with Crippen molar-refractivity contribution in [1.82, 2.24) is 5.32 Å². The van der Waals surface area contributed by atoms with E-state index < -0.39 is 17.1 Å². The van der Waals surface area contributed by atoms with Crippen LogP contribution >= 0.6 is 11.8 Å². The third-order valence-electron chi connectivity index (χ3n) is 2.91. The maximum Gasteiger partial charge on any atom is 0.317 e. The molecule has 1 unspecified atom stereocenters. The molecule has 122 valence electrons. The zero-order valence-electron chi connectivity index (χ0n) is 12.5. The number of carbonyl (C=O) groups excluding carboxylic acids is 1. The molecule has 9 heteroatoms. The van der Waals surface area contributed by atoms with Gasteiger partial charge in [-0.15, -0.1) is 5.10 Å². The van der Waals surface area contributed by atoms with E-state index in [1.165, 1.54) is 13.3 Å². The molecule has 1 amide bonds. The van der Waals surface area contributed by atoms with Crippen LogP contribution in [0.15, 0.2) is 28.4 Å². The number of nitrogens with one attached hydrogen (secondary N) is 1. The van der Waals surface area contributed by atoms with Crippen molar-refractivity contribution in [2.75, 3.05) is 14.2 Å². The first-order valence-electron chi connectivity index (χ1n) is 6.56. The molecular weight excluding hydrogens is 322 g/mol. The minimum absolute atomic E-state index is 0.0849. The number of benzene rings is 1. The van der Waals surface area contributed by atoms with Crippen molar-refractivity contribution in [3.63, 3.8) is 0 Å². The molecule has 1 heterocycles. The Morgan fingerprint density at radius 3 is 2.78 bits per heavy atom. The maximum absolute atomic E-state index is 11.4. The molecule has 0 saturated carbocycles. The van der Waals surface area contributed by atoms with Gasteiger partial charge in [-0.3, -0.25) is 9.59 Å². The first kappa shape index (κ1) is 16.8. The smallest absolute Gasteiger partial charge is 0.317 e. The van der Waals surface area contributed by atoms with E-state index in [0.717, 1.165) is 11.8 Å². The zero-order valence-corrected chi connectivity index (χ0v) is 13.3. The van der Waals surface area contributed by atoms with Gasteiger partial charge in [0.1, 0.15) is 5.25 Å². The molecule has 2 rings (SSSR count). The van der Waals surface area contributed by atoms with Crippen LogP contribution in [-0.2, 0) is 9.59 Å². The molecule has 0 radical (unpaired) electrons. The lowest BCUT2D eigenvalue weighted by Crippen LogP contribution is -2.40. The molecule has 1 atom stereocenters. The molecule has 1 aromatic carbocycles. The first-order chi connectivity index (χ1) is 11.0. The average molecular weight is 337 g/mol. The second-order valence-corrected chi connectivity index (χ2v) is 5.65. The van der Waals surface area contributed by atoms with E-state index in [9.17, 15) is 9.59 Å². The van der Waals surface area contributed by atoms with Gasteiger partial charge < -0.3 is 19.9 Å².